The number of ether oxygens (including phenoxy) is 4. The van der Waals surface area contributed by atoms with Crippen molar-refractivity contribution in [3.8, 4) is 0 Å². The fraction of sp³-hybridized carbons (Fsp3) is 0.867. The van der Waals surface area contributed by atoms with Crippen LogP contribution in [-0.2, 0) is 84.6 Å². The van der Waals surface area contributed by atoms with Gasteiger partial charge in [-0.2, -0.15) is 0 Å². The van der Waals surface area contributed by atoms with E-state index in [1.54, 1.807) is 0 Å². The van der Waals surface area contributed by atoms with Gasteiger partial charge in [0.1, 0.15) is 0 Å². The van der Waals surface area contributed by atoms with Crippen LogP contribution >= 0.6 is 0 Å². The Labute approximate surface area is 892 Å². The maximum absolute atomic E-state index is 11.2. The van der Waals surface area contributed by atoms with Crippen LogP contribution in [0.25, 0.3) is 0 Å². The molecule has 16 nitrogen and oxygen atoms in total. The molecular weight excluding hydrogens is 2020 g/mol. The van der Waals surface area contributed by atoms with E-state index in [4.69, 9.17) is 18.9 Å². The van der Waals surface area contributed by atoms with Gasteiger partial charge in [0.2, 0.25) is 0 Å². The first-order valence-electron chi connectivity index (χ1n) is 58.9. The number of unbranched alkanes of at least 4 members (excludes halogenated alkanes) is 92. The van der Waals surface area contributed by atoms with Gasteiger partial charge in [-0.25, -0.2) is 19.2 Å². The third kappa shape index (κ3) is 148. The van der Waals surface area contributed by atoms with Crippen LogP contribution in [0.5, 0.6) is 0 Å². The summed E-state index contributed by atoms with van der Waals surface area (Å²) in [6, 6.07) is 0. The molecule has 18 heteroatoms. The van der Waals surface area contributed by atoms with E-state index in [-0.39, 0.29) is 54.6 Å². The summed E-state index contributed by atoms with van der Waals surface area (Å²) < 4.78 is 19.7. The van der Waals surface area contributed by atoms with E-state index in [0.29, 0.717) is 50.7 Å². The van der Waals surface area contributed by atoms with Crippen LogP contribution in [0.1, 0.15) is 644 Å². The SMILES string of the molecule is CCCCCCCCCCCCCCCCCCCCCCCCCCOC(=O)C=CC(=O)[O-].CCCCCCCCCCCCCCCCCCCCCCCCCCOC(=O)C=CC(=O)[O-].CCCCCCCCCCCCCCCCCCCCCCCCCCOC(=O)C=CC(=O)[O-].CCCCCCCCCCCCCCCCCCCCCCCCCCOC(=O)C=CC(=O)[O-].[Cd+2].[Pb+2]. The number of carboxylic acid groups (broad SMARTS) is 4. The van der Waals surface area contributed by atoms with Crippen LogP contribution in [0.2, 0.25) is 0 Å². The molecule has 802 valence electrons. The minimum Gasteiger partial charge on any atom is -0.545 e. The van der Waals surface area contributed by atoms with Gasteiger partial charge in [-0.05, 0) is 50.0 Å². The van der Waals surface area contributed by atoms with Crippen LogP contribution in [-0.4, -0.2) is 101 Å². The summed E-state index contributed by atoms with van der Waals surface area (Å²) in [7, 11) is 0. The zero-order chi connectivity index (χ0) is 99.8. The van der Waals surface area contributed by atoms with E-state index in [2.05, 4.69) is 27.7 Å². The molecule has 138 heavy (non-hydrogen) atoms. The van der Waals surface area contributed by atoms with Gasteiger partial charge in [0.25, 0.3) is 0 Å². The van der Waals surface area contributed by atoms with Crippen molar-refractivity contribution >= 4 is 75.1 Å². The van der Waals surface area contributed by atoms with Gasteiger partial charge in [0.15, 0.2) is 0 Å². The van der Waals surface area contributed by atoms with Crippen molar-refractivity contribution < 1.29 is 105 Å². The molecule has 0 saturated heterocycles. The minimum atomic E-state index is -1.38. The molecule has 0 rings (SSSR count). The van der Waals surface area contributed by atoms with Crippen molar-refractivity contribution in [2.75, 3.05) is 26.4 Å². The average molecular weight is 2240 g/mol. The molecule has 0 saturated carbocycles. The van der Waals surface area contributed by atoms with E-state index in [0.717, 1.165) is 75.7 Å². The molecule has 0 amide bonds. The number of carbonyl (C=O) groups is 8. The van der Waals surface area contributed by atoms with Gasteiger partial charge in [-0.3, -0.25) is 0 Å². The number of rotatable bonds is 108. The second-order valence-electron chi connectivity index (χ2n) is 39.8. The van der Waals surface area contributed by atoms with Crippen molar-refractivity contribution in [3.05, 3.63) is 48.6 Å². The van der Waals surface area contributed by atoms with E-state index in [1.807, 2.05) is 0 Å². The molecule has 0 spiro atoms. The number of hydrogen-bond donors (Lipinski definition) is 0. The van der Waals surface area contributed by atoms with E-state index in [1.165, 1.54) is 565 Å². The third-order valence-corrected chi connectivity index (χ3v) is 26.4. The molecule has 0 atom stereocenters. The summed E-state index contributed by atoms with van der Waals surface area (Å²) in [5.74, 6) is -7.98. The van der Waals surface area contributed by atoms with Crippen molar-refractivity contribution in [3.63, 3.8) is 0 Å². The molecular formula is C120H220CdO16Pb. The van der Waals surface area contributed by atoms with Crippen molar-refractivity contribution in [1.29, 1.82) is 0 Å². The van der Waals surface area contributed by atoms with Crippen LogP contribution in [0.15, 0.2) is 48.6 Å². The molecule has 0 bridgehead atoms. The van der Waals surface area contributed by atoms with Crippen molar-refractivity contribution in [1.82, 2.24) is 0 Å². The van der Waals surface area contributed by atoms with Crippen LogP contribution in [0.4, 0.5) is 0 Å². The Balaban J connectivity index is -0.000000419. The summed E-state index contributed by atoms with van der Waals surface area (Å²) in [4.78, 5) is 85.5. The summed E-state index contributed by atoms with van der Waals surface area (Å²) >= 11 is 0. The first-order valence-corrected chi connectivity index (χ1v) is 58.9. The normalized spacial score (nSPS) is 11.2. The number of hydrogen-bond acceptors (Lipinski definition) is 16. The monoisotopic (exact) mass is 2240 g/mol. The Morgan fingerprint density at radius 3 is 0.283 bits per heavy atom. The molecule has 0 aromatic heterocycles. The molecule has 0 aliphatic carbocycles. The molecule has 0 aromatic carbocycles. The van der Waals surface area contributed by atoms with Gasteiger partial charge >= 0.3 is 78.5 Å². The summed E-state index contributed by atoms with van der Waals surface area (Å²) in [5.41, 5.74) is 0. The standard InChI is InChI=1S/4C30H56O4.Cd.Pb/c4*1-2-3-4-5-6-7-8-9-10-11-12-13-14-15-16-17-18-19-20-21-22-23-24-25-28-34-30(33)27-26-29(31)32;;/h4*26-27H,2-25,28H2,1H3,(H,31,32);;/q;;;;2*+2/p-4. The van der Waals surface area contributed by atoms with E-state index in [9.17, 15) is 58.8 Å². The Kier molecular flexibility index (Phi) is 141. The predicted molar refractivity (Wildman–Crippen MR) is 572 cm³/mol. The van der Waals surface area contributed by atoms with Crippen LogP contribution in [0, 0.1) is 0 Å². The summed E-state index contributed by atoms with van der Waals surface area (Å²) in [6.07, 6.45) is 137. The summed E-state index contributed by atoms with van der Waals surface area (Å²) in [6.45, 7) is 10.6. The van der Waals surface area contributed by atoms with Gasteiger partial charge in [-0.1, -0.05) is 618 Å². The van der Waals surface area contributed by atoms with Crippen molar-refractivity contribution in [2.24, 2.45) is 0 Å². The summed E-state index contributed by atoms with van der Waals surface area (Å²) in [5, 5.41) is 40.7. The fourth-order valence-electron chi connectivity index (χ4n) is 17.7. The van der Waals surface area contributed by atoms with Crippen molar-refractivity contribution in [2.45, 2.75) is 644 Å². The fourth-order valence-corrected chi connectivity index (χ4v) is 17.7. The molecule has 0 heterocycles. The molecule has 0 aliphatic rings. The minimum absolute atomic E-state index is 0. The first-order chi connectivity index (χ1) is 66.7. The molecule has 0 unspecified atom stereocenters. The maximum Gasteiger partial charge on any atom is 2.00 e. The quantitative estimate of drug-likeness (QED) is 0.0180. The van der Waals surface area contributed by atoms with E-state index < -0.39 is 47.8 Å². The molecule has 0 aromatic rings. The number of carbonyl (C=O) groups excluding carboxylic acids is 8. The maximum atomic E-state index is 11.2. The Morgan fingerprint density at radius 2 is 0.210 bits per heavy atom. The van der Waals surface area contributed by atoms with Crippen LogP contribution in [0.3, 0.4) is 0 Å². The van der Waals surface area contributed by atoms with Gasteiger partial charge in [-0.15, -0.1) is 0 Å². The predicted octanol–water partition coefficient (Wildman–Crippen LogP) is 32.5. The second-order valence-corrected chi connectivity index (χ2v) is 39.8. The molecule has 2 radical (unpaired) electrons. The van der Waals surface area contributed by atoms with E-state index >= 15 is 0 Å². The number of carboxylic acids is 4. The second kappa shape index (κ2) is 134. The largest absolute Gasteiger partial charge is 2.00 e. The Morgan fingerprint density at radius 1 is 0.138 bits per heavy atom. The van der Waals surface area contributed by atoms with Gasteiger partial charge in [0.05, 0.1) is 50.3 Å². The zero-order valence-electron chi connectivity index (χ0n) is 91.1. The molecule has 0 fully saturated rings. The zero-order valence-corrected chi connectivity index (χ0v) is 99.0. The van der Waals surface area contributed by atoms with Gasteiger partial charge < -0.3 is 58.6 Å². The third-order valence-electron chi connectivity index (χ3n) is 26.4. The molecule has 0 aliphatic heterocycles. The first kappa shape index (κ1) is 145. The Hall–Kier alpha value is -3.44. The average Bonchev–Trinajstić information content (AvgIpc) is 1.04. The van der Waals surface area contributed by atoms with Crippen LogP contribution < -0.4 is 20.4 Å². The Bertz CT molecular complexity index is 2250. The molecule has 0 N–H and O–H groups in total. The smallest absolute Gasteiger partial charge is 0.545 e. The number of esters is 4. The topological polar surface area (TPSA) is 266 Å². The van der Waals surface area contributed by atoms with Gasteiger partial charge in [0, 0.05) is 24.3 Å². The number of aliphatic carboxylic acids is 4.